The Balaban J connectivity index is 1.56. The van der Waals surface area contributed by atoms with Gasteiger partial charge in [0.15, 0.2) is 11.6 Å². The van der Waals surface area contributed by atoms with Crippen molar-refractivity contribution in [3.05, 3.63) is 81.2 Å². The SMILES string of the molecule is CS(=O)(=O)Nc1cc2cc(C(=O)Nc3cc(Cl)cc(Oc4ccc(F)c(F)c4)c3)sc2cc1Cl. The molecule has 1 heterocycles. The van der Waals surface area contributed by atoms with Gasteiger partial charge in [0, 0.05) is 27.5 Å². The third kappa shape index (κ3) is 5.76. The predicted molar refractivity (Wildman–Crippen MR) is 131 cm³/mol. The van der Waals surface area contributed by atoms with Crippen molar-refractivity contribution in [3.63, 3.8) is 0 Å². The van der Waals surface area contributed by atoms with Gasteiger partial charge in [-0.3, -0.25) is 9.52 Å². The quantitative estimate of drug-likeness (QED) is 0.277. The highest BCUT2D eigenvalue weighted by atomic mass is 35.5. The topological polar surface area (TPSA) is 84.5 Å². The van der Waals surface area contributed by atoms with Gasteiger partial charge in [-0.1, -0.05) is 23.2 Å². The van der Waals surface area contributed by atoms with Gasteiger partial charge in [-0.15, -0.1) is 11.3 Å². The van der Waals surface area contributed by atoms with Crippen LogP contribution in [0.5, 0.6) is 11.5 Å². The van der Waals surface area contributed by atoms with Gasteiger partial charge in [0.25, 0.3) is 5.91 Å². The second-order valence-electron chi connectivity index (χ2n) is 7.16. The molecule has 4 aromatic rings. The third-order valence-electron chi connectivity index (χ3n) is 4.38. The number of anilines is 2. The van der Waals surface area contributed by atoms with Crippen molar-refractivity contribution >= 4 is 71.9 Å². The van der Waals surface area contributed by atoms with Crippen molar-refractivity contribution in [1.29, 1.82) is 0 Å². The molecule has 6 nitrogen and oxygen atoms in total. The first-order valence-corrected chi connectivity index (χ1v) is 12.9. The average Bonchev–Trinajstić information content (AvgIpc) is 3.12. The summed E-state index contributed by atoms with van der Waals surface area (Å²) in [4.78, 5) is 13.2. The summed E-state index contributed by atoms with van der Waals surface area (Å²) in [5.74, 6) is -2.26. The van der Waals surface area contributed by atoms with E-state index in [0.29, 0.717) is 20.7 Å². The van der Waals surface area contributed by atoms with Crippen molar-refractivity contribution in [2.24, 2.45) is 0 Å². The molecule has 0 radical (unpaired) electrons. The summed E-state index contributed by atoms with van der Waals surface area (Å²) in [6.45, 7) is 0. The number of carbonyl (C=O) groups is 1. The lowest BCUT2D eigenvalue weighted by molar-refractivity contribution is 0.103. The van der Waals surface area contributed by atoms with Crippen LogP contribution in [-0.2, 0) is 10.0 Å². The lowest BCUT2D eigenvalue weighted by atomic mass is 10.2. The van der Waals surface area contributed by atoms with Gasteiger partial charge in [0.05, 0.1) is 21.8 Å². The lowest BCUT2D eigenvalue weighted by Crippen LogP contribution is -2.10. The largest absolute Gasteiger partial charge is 0.457 e. The molecular weight excluding hydrogens is 529 g/mol. The number of halogens is 4. The van der Waals surface area contributed by atoms with Gasteiger partial charge >= 0.3 is 0 Å². The molecule has 0 aliphatic carbocycles. The van der Waals surface area contributed by atoms with E-state index in [2.05, 4.69) is 10.0 Å². The fraction of sp³-hybridized carbons (Fsp3) is 0.0455. The van der Waals surface area contributed by atoms with Crippen LogP contribution < -0.4 is 14.8 Å². The van der Waals surface area contributed by atoms with Crippen molar-refractivity contribution in [1.82, 2.24) is 0 Å². The standard InChI is InChI=1S/C22H14Cl2F2N2O4S2/c1-34(30,31)28-19-4-11-5-21(33-20(11)10-16(19)24)22(29)27-13-6-12(23)7-15(8-13)32-14-2-3-17(25)18(26)9-14/h2-10,28H,1H3,(H,27,29). The number of carbonyl (C=O) groups excluding carboxylic acids is 1. The molecular formula is C22H14Cl2F2N2O4S2. The molecule has 0 fully saturated rings. The molecule has 1 amide bonds. The Kier molecular flexibility index (Phi) is 6.68. The minimum absolute atomic E-state index is 0.0540. The Hall–Kier alpha value is -2.92. The zero-order valence-corrected chi connectivity index (χ0v) is 20.3. The van der Waals surface area contributed by atoms with Crippen molar-refractivity contribution in [2.75, 3.05) is 16.3 Å². The minimum atomic E-state index is -3.53. The predicted octanol–water partition coefficient (Wildman–Crippen LogP) is 6.90. The zero-order valence-electron chi connectivity index (χ0n) is 17.2. The number of rotatable bonds is 6. The molecule has 0 spiro atoms. The number of sulfonamides is 1. The summed E-state index contributed by atoms with van der Waals surface area (Å²) in [5.41, 5.74) is 0.514. The summed E-state index contributed by atoms with van der Waals surface area (Å²) in [7, 11) is -3.53. The molecule has 12 heteroatoms. The molecule has 1 aromatic heterocycles. The van der Waals surface area contributed by atoms with Gasteiger partial charge in [-0.25, -0.2) is 17.2 Å². The van der Waals surface area contributed by atoms with Crippen LogP contribution in [0.2, 0.25) is 10.0 Å². The highest BCUT2D eigenvalue weighted by Crippen LogP contribution is 2.35. The van der Waals surface area contributed by atoms with Gasteiger partial charge in [-0.2, -0.15) is 0 Å². The highest BCUT2D eigenvalue weighted by molar-refractivity contribution is 7.92. The number of hydrogen-bond donors (Lipinski definition) is 2. The third-order valence-corrected chi connectivity index (χ3v) is 6.60. The number of hydrogen-bond acceptors (Lipinski definition) is 5. The van der Waals surface area contributed by atoms with E-state index in [1.807, 2.05) is 0 Å². The second-order valence-corrected chi connectivity index (χ2v) is 10.8. The van der Waals surface area contributed by atoms with E-state index in [4.69, 9.17) is 27.9 Å². The molecule has 4 rings (SSSR count). The fourth-order valence-corrected chi connectivity index (χ4v) is 5.12. The van der Waals surface area contributed by atoms with E-state index in [0.717, 1.165) is 29.7 Å². The first kappa shape index (κ1) is 24.2. The number of ether oxygens (including phenoxy) is 1. The van der Waals surface area contributed by atoms with E-state index in [-0.39, 0.29) is 27.2 Å². The Bertz CT molecular complexity index is 1540. The van der Waals surface area contributed by atoms with Crippen LogP contribution in [0, 0.1) is 11.6 Å². The molecule has 0 bridgehead atoms. The normalized spacial score (nSPS) is 11.4. The maximum Gasteiger partial charge on any atom is 0.265 e. The number of thiophene rings is 1. The molecule has 34 heavy (non-hydrogen) atoms. The van der Waals surface area contributed by atoms with E-state index in [1.54, 1.807) is 18.2 Å². The molecule has 0 unspecified atom stereocenters. The molecule has 0 aliphatic rings. The Labute approximate surface area is 207 Å². The van der Waals surface area contributed by atoms with E-state index >= 15 is 0 Å². The minimum Gasteiger partial charge on any atom is -0.457 e. The van der Waals surface area contributed by atoms with Gasteiger partial charge in [0.2, 0.25) is 10.0 Å². The Morgan fingerprint density at radius 2 is 1.74 bits per heavy atom. The first-order chi connectivity index (χ1) is 16.0. The van der Waals surface area contributed by atoms with Gasteiger partial charge in [0.1, 0.15) is 11.5 Å². The summed E-state index contributed by atoms with van der Waals surface area (Å²) in [5, 5.41) is 3.77. The van der Waals surface area contributed by atoms with Crippen LogP contribution in [0.15, 0.2) is 54.6 Å². The van der Waals surface area contributed by atoms with Crippen molar-refractivity contribution in [2.45, 2.75) is 0 Å². The van der Waals surface area contributed by atoms with E-state index < -0.39 is 27.6 Å². The summed E-state index contributed by atoms with van der Waals surface area (Å²) in [6, 6.07) is 12.2. The van der Waals surface area contributed by atoms with E-state index in [9.17, 15) is 22.0 Å². The molecule has 0 aliphatic heterocycles. The summed E-state index contributed by atoms with van der Waals surface area (Å²) in [6.07, 6.45) is 1.01. The second kappa shape index (κ2) is 9.38. The van der Waals surface area contributed by atoms with E-state index in [1.165, 1.54) is 24.3 Å². The van der Waals surface area contributed by atoms with Crippen LogP contribution >= 0.6 is 34.5 Å². The zero-order chi connectivity index (χ0) is 24.6. The van der Waals surface area contributed by atoms with Crippen LogP contribution in [0.4, 0.5) is 20.2 Å². The van der Waals surface area contributed by atoms with Crippen molar-refractivity contribution in [3.8, 4) is 11.5 Å². The molecule has 2 N–H and O–H groups in total. The smallest absolute Gasteiger partial charge is 0.265 e. The number of nitrogens with one attached hydrogen (secondary N) is 2. The first-order valence-electron chi connectivity index (χ1n) is 9.42. The number of benzene rings is 3. The summed E-state index contributed by atoms with van der Waals surface area (Å²) >= 11 is 13.4. The Morgan fingerprint density at radius 3 is 2.44 bits per heavy atom. The number of amides is 1. The maximum absolute atomic E-state index is 13.4. The van der Waals surface area contributed by atoms with Crippen LogP contribution in [-0.4, -0.2) is 20.6 Å². The number of fused-ring (bicyclic) bond motifs is 1. The fourth-order valence-electron chi connectivity index (χ4n) is 3.01. The Morgan fingerprint density at radius 1 is 0.971 bits per heavy atom. The average molecular weight is 543 g/mol. The molecule has 0 saturated carbocycles. The molecule has 176 valence electrons. The maximum atomic E-state index is 13.4. The lowest BCUT2D eigenvalue weighted by Gasteiger charge is -2.10. The van der Waals surface area contributed by atoms with Crippen LogP contribution in [0.25, 0.3) is 10.1 Å². The van der Waals surface area contributed by atoms with Gasteiger partial charge in [-0.05, 0) is 47.9 Å². The molecule has 0 atom stereocenters. The van der Waals surface area contributed by atoms with Crippen LogP contribution in [0.3, 0.4) is 0 Å². The van der Waals surface area contributed by atoms with Crippen LogP contribution in [0.1, 0.15) is 9.67 Å². The summed E-state index contributed by atoms with van der Waals surface area (Å²) < 4.78 is 58.1. The highest BCUT2D eigenvalue weighted by Gasteiger charge is 2.15. The molecule has 0 saturated heterocycles. The van der Waals surface area contributed by atoms with Gasteiger partial charge < -0.3 is 10.1 Å². The monoisotopic (exact) mass is 542 g/mol. The molecule has 3 aromatic carbocycles. The van der Waals surface area contributed by atoms with Crippen molar-refractivity contribution < 1.29 is 26.7 Å².